The summed E-state index contributed by atoms with van der Waals surface area (Å²) in [6.07, 6.45) is 0. The minimum atomic E-state index is 0.0188. The van der Waals surface area contributed by atoms with Crippen molar-refractivity contribution in [2.24, 2.45) is 5.73 Å². The van der Waals surface area contributed by atoms with E-state index in [0.717, 1.165) is 17.2 Å². The fourth-order valence-electron chi connectivity index (χ4n) is 2.11. The first kappa shape index (κ1) is 14.0. The minimum Gasteiger partial charge on any atom is -0.369 e. The van der Waals surface area contributed by atoms with Crippen molar-refractivity contribution in [3.05, 3.63) is 45.4 Å². The van der Waals surface area contributed by atoms with Crippen molar-refractivity contribution in [1.29, 1.82) is 0 Å². The quantitative estimate of drug-likeness (QED) is 0.929. The van der Waals surface area contributed by atoms with Gasteiger partial charge in [0.1, 0.15) is 5.01 Å². The Labute approximate surface area is 119 Å². The third kappa shape index (κ3) is 3.55. The summed E-state index contributed by atoms with van der Waals surface area (Å²) in [7, 11) is 2.10. The molecule has 3 nitrogen and oxygen atoms in total. The summed E-state index contributed by atoms with van der Waals surface area (Å²) in [5.74, 6) is 0. The summed E-state index contributed by atoms with van der Waals surface area (Å²) in [4.78, 5) is 6.79. The molecule has 0 amide bonds. The van der Waals surface area contributed by atoms with Gasteiger partial charge in [0.2, 0.25) is 0 Å². The molecule has 102 valence electrons. The highest BCUT2D eigenvalue weighted by atomic mass is 32.1. The van der Waals surface area contributed by atoms with Gasteiger partial charge in [-0.15, -0.1) is 11.3 Å². The zero-order valence-electron chi connectivity index (χ0n) is 12.0. The van der Waals surface area contributed by atoms with Crippen LogP contribution in [-0.2, 0) is 6.54 Å². The average molecular weight is 275 g/mol. The number of anilines is 1. The molecule has 0 aliphatic heterocycles. The molecule has 0 fully saturated rings. The van der Waals surface area contributed by atoms with Crippen molar-refractivity contribution in [3.63, 3.8) is 0 Å². The van der Waals surface area contributed by atoms with Crippen LogP contribution in [0, 0.1) is 13.8 Å². The molecule has 1 heterocycles. The summed E-state index contributed by atoms with van der Waals surface area (Å²) >= 11 is 1.64. The van der Waals surface area contributed by atoms with Gasteiger partial charge in [-0.05, 0) is 44.0 Å². The number of aromatic nitrogens is 1. The van der Waals surface area contributed by atoms with E-state index in [1.54, 1.807) is 11.3 Å². The van der Waals surface area contributed by atoms with Crippen molar-refractivity contribution in [2.45, 2.75) is 33.4 Å². The van der Waals surface area contributed by atoms with Crippen LogP contribution in [0.2, 0.25) is 0 Å². The summed E-state index contributed by atoms with van der Waals surface area (Å²) in [5.41, 5.74) is 10.7. The van der Waals surface area contributed by atoms with Gasteiger partial charge in [0.05, 0.1) is 18.3 Å². The Hall–Kier alpha value is -1.39. The Morgan fingerprint density at radius 2 is 1.89 bits per heavy atom. The topological polar surface area (TPSA) is 42.1 Å². The molecular weight excluding hydrogens is 254 g/mol. The van der Waals surface area contributed by atoms with Crippen LogP contribution in [0.3, 0.4) is 0 Å². The largest absolute Gasteiger partial charge is 0.369 e. The van der Waals surface area contributed by atoms with Gasteiger partial charge in [-0.2, -0.15) is 0 Å². The van der Waals surface area contributed by atoms with E-state index in [1.165, 1.54) is 16.8 Å². The molecule has 2 rings (SSSR count). The Bertz CT molecular complexity index is 540. The summed E-state index contributed by atoms with van der Waals surface area (Å²) in [5, 5.41) is 3.10. The molecular formula is C15H21N3S. The fraction of sp³-hybridized carbons (Fsp3) is 0.400. The second-order valence-corrected chi connectivity index (χ2v) is 6.06. The van der Waals surface area contributed by atoms with E-state index in [-0.39, 0.29) is 6.04 Å². The lowest BCUT2D eigenvalue weighted by atomic mass is 10.1. The van der Waals surface area contributed by atoms with Crippen LogP contribution >= 0.6 is 11.3 Å². The molecule has 2 aromatic rings. The maximum atomic E-state index is 5.84. The standard InChI is InChI=1S/C15H21N3S/c1-10-5-11(2)7-14(6-10)18(4)8-13-9-19-15(17-13)12(3)16/h5-7,9,12H,8,16H2,1-4H3. The van der Waals surface area contributed by atoms with Crippen molar-refractivity contribution in [2.75, 3.05) is 11.9 Å². The van der Waals surface area contributed by atoms with Gasteiger partial charge in [-0.25, -0.2) is 4.98 Å². The molecule has 0 aliphatic rings. The second kappa shape index (κ2) is 5.72. The molecule has 0 aliphatic carbocycles. The normalized spacial score (nSPS) is 12.5. The van der Waals surface area contributed by atoms with E-state index in [0.29, 0.717) is 0 Å². The van der Waals surface area contributed by atoms with E-state index >= 15 is 0 Å². The third-order valence-corrected chi connectivity index (χ3v) is 4.10. The molecule has 0 saturated carbocycles. The first-order chi connectivity index (χ1) is 8.95. The first-order valence-electron chi connectivity index (χ1n) is 6.45. The summed E-state index contributed by atoms with van der Waals surface area (Å²) in [6, 6.07) is 6.61. The lowest BCUT2D eigenvalue weighted by Crippen LogP contribution is -2.17. The van der Waals surface area contributed by atoms with Gasteiger partial charge >= 0.3 is 0 Å². The van der Waals surface area contributed by atoms with Crippen molar-refractivity contribution < 1.29 is 0 Å². The number of nitrogens with zero attached hydrogens (tertiary/aromatic N) is 2. The number of rotatable bonds is 4. The molecule has 1 aromatic carbocycles. The van der Waals surface area contributed by atoms with E-state index in [2.05, 4.69) is 54.4 Å². The van der Waals surface area contributed by atoms with Gasteiger partial charge in [0, 0.05) is 18.1 Å². The van der Waals surface area contributed by atoms with Crippen LogP contribution in [0.25, 0.3) is 0 Å². The average Bonchev–Trinajstić information content (AvgIpc) is 2.76. The molecule has 1 unspecified atom stereocenters. The summed E-state index contributed by atoms with van der Waals surface area (Å²) in [6.45, 7) is 7.03. The van der Waals surface area contributed by atoms with Gasteiger partial charge in [0.25, 0.3) is 0 Å². The monoisotopic (exact) mass is 275 g/mol. The summed E-state index contributed by atoms with van der Waals surface area (Å²) < 4.78 is 0. The highest BCUT2D eigenvalue weighted by Gasteiger charge is 2.09. The van der Waals surface area contributed by atoms with Gasteiger partial charge < -0.3 is 10.6 Å². The third-order valence-electron chi connectivity index (χ3n) is 3.01. The van der Waals surface area contributed by atoms with Crippen LogP contribution in [0.1, 0.15) is 34.8 Å². The predicted octanol–water partition coefficient (Wildman–Crippen LogP) is 3.42. The number of benzene rings is 1. The molecule has 0 radical (unpaired) electrons. The van der Waals surface area contributed by atoms with E-state index in [1.807, 2.05) is 6.92 Å². The van der Waals surface area contributed by atoms with Gasteiger partial charge in [-0.1, -0.05) is 6.07 Å². The molecule has 0 saturated heterocycles. The Morgan fingerprint density at radius 3 is 2.42 bits per heavy atom. The zero-order chi connectivity index (χ0) is 14.0. The molecule has 0 spiro atoms. The van der Waals surface area contributed by atoms with Gasteiger partial charge in [-0.3, -0.25) is 0 Å². The maximum Gasteiger partial charge on any atom is 0.109 e. The lowest BCUT2D eigenvalue weighted by molar-refractivity contribution is 0.790. The fourth-order valence-corrected chi connectivity index (χ4v) is 2.88. The van der Waals surface area contributed by atoms with Crippen LogP contribution in [0.5, 0.6) is 0 Å². The van der Waals surface area contributed by atoms with Crippen LogP contribution in [0.4, 0.5) is 5.69 Å². The Kier molecular flexibility index (Phi) is 4.22. The lowest BCUT2D eigenvalue weighted by Gasteiger charge is -2.19. The molecule has 19 heavy (non-hydrogen) atoms. The number of thiazole rings is 1. The van der Waals surface area contributed by atoms with Crippen LogP contribution in [0.15, 0.2) is 23.6 Å². The minimum absolute atomic E-state index is 0.0188. The number of nitrogens with two attached hydrogens (primary N) is 1. The number of aryl methyl sites for hydroxylation is 2. The maximum absolute atomic E-state index is 5.84. The van der Waals surface area contributed by atoms with Crippen LogP contribution in [-0.4, -0.2) is 12.0 Å². The smallest absolute Gasteiger partial charge is 0.109 e. The molecule has 1 atom stereocenters. The molecule has 1 aromatic heterocycles. The van der Waals surface area contributed by atoms with Crippen molar-refractivity contribution in [1.82, 2.24) is 4.98 Å². The predicted molar refractivity (Wildman–Crippen MR) is 82.7 cm³/mol. The van der Waals surface area contributed by atoms with Crippen molar-refractivity contribution >= 4 is 17.0 Å². The second-order valence-electron chi connectivity index (χ2n) is 5.17. The van der Waals surface area contributed by atoms with E-state index in [4.69, 9.17) is 5.73 Å². The Morgan fingerprint density at radius 1 is 1.26 bits per heavy atom. The molecule has 4 heteroatoms. The van der Waals surface area contributed by atoms with Crippen molar-refractivity contribution in [3.8, 4) is 0 Å². The van der Waals surface area contributed by atoms with E-state index in [9.17, 15) is 0 Å². The highest BCUT2D eigenvalue weighted by Crippen LogP contribution is 2.21. The van der Waals surface area contributed by atoms with Gasteiger partial charge in [0.15, 0.2) is 0 Å². The molecule has 0 bridgehead atoms. The number of hydrogen-bond acceptors (Lipinski definition) is 4. The molecule has 2 N–H and O–H groups in total. The Balaban J connectivity index is 2.13. The number of hydrogen-bond donors (Lipinski definition) is 1. The highest BCUT2D eigenvalue weighted by molar-refractivity contribution is 7.09. The zero-order valence-corrected chi connectivity index (χ0v) is 12.8. The first-order valence-corrected chi connectivity index (χ1v) is 7.33. The van der Waals surface area contributed by atoms with E-state index < -0.39 is 0 Å². The SMILES string of the molecule is Cc1cc(C)cc(N(C)Cc2csc(C(C)N)n2)c1. The van der Waals surface area contributed by atoms with Crippen LogP contribution < -0.4 is 10.6 Å².